The summed E-state index contributed by atoms with van der Waals surface area (Å²) >= 11 is 6.04. The van der Waals surface area contributed by atoms with E-state index in [1.807, 2.05) is 24.3 Å². The van der Waals surface area contributed by atoms with Crippen molar-refractivity contribution in [1.29, 1.82) is 0 Å². The number of carbonyl (C=O) groups is 1. The van der Waals surface area contributed by atoms with E-state index in [9.17, 15) is 4.79 Å². The van der Waals surface area contributed by atoms with E-state index in [2.05, 4.69) is 12.2 Å². The number of nitrogens with one attached hydrogen (secondary N) is 1. The van der Waals surface area contributed by atoms with Crippen LogP contribution in [0.5, 0.6) is 0 Å². The zero-order chi connectivity index (χ0) is 12.3. The molecule has 1 aliphatic rings. The van der Waals surface area contributed by atoms with Gasteiger partial charge in [0.25, 0.3) is 0 Å². The lowest BCUT2D eigenvalue weighted by Crippen LogP contribution is -2.34. The quantitative estimate of drug-likeness (QED) is 0.856. The molecule has 1 aromatic rings. The summed E-state index contributed by atoms with van der Waals surface area (Å²) in [7, 11) is 0. The fourth-order valence-corrected chi connectivity index (χ4v) is 2.22. The minimum absolute atomic E-state index is 0.129. The standard InChI is InChI=1S/C14H18ClNO/c1-10(11-6-7-11)16-14(17)9-8-12-4-2-3-5-13(12)15/h2-5,10-11H,6-9H2,1H3,(H,16,17). The van der Waals surface area contributed by atoms with E-state index in [1.165, 1.54) is 12.8 Å². The highest BCUT2D eigenvalue weighted by Gasteiger charge is 2.28. The van der Waals surface area contributed by atoms with E-state index in [4.69, 9.17) is 11.6 Å². The van der Waals surface area contributed by atoms with Crippen LogP contribution in [0.4, 0.5) is 0 Å². The first-order chi connectivity index (χ1) is 8.16. The number of halogens is 1. The Kier molecular flexibility index (Phi) is 4.06. The van der Waals surface area contributed by atoms with Gasteiger partial charge in [-0.25, -0.2) is 0 Å². The molecule has 3 heteroatoms. The Morgan fingerprint density at radius 1 is 1.47 bits per heavy atom. The molecule has 1 amide bonds. The molecule has 1 atom stereocenters. The third kappa shape index (κ3) is 3.74. The van der Waals surface area contributed by atoms with Crippen LogP contribution in [-0.2, 0) is 11.2 Å². The maximum Gasteiger partial charge on any atom is 0.220 e. The number of rotatable bonds is 5. The van der Waals surface area contributed by atoms with E-state index in [0.29, 0.717) is 24.8 Å². The van der Waals surface area contributed by atoms with Crippen LogP contribution >= 0.6 is 11.6 Å². The highest BCUT2D eigenvalue weighted by molar-refractivity contribution is 6.31. The molecular formula is C14H18ClNO. The average Bonchev–Trinajstić information content (AvgIpc) is 3.11. The van der Waals surface area contributed by atoms with Gasteiger partial charge in [-0.1, -0.05) is 29.8 Å². The Morgan fingerprint density at radius 2 is 2.18 bits per heavy atom. The lowest BCUT2D eigenvalue weighted by atomic mass is 10.1. The minimum Gasteiger partial charge on any atom is -0.353 e. The Morgan fingerprint density at radius 3 is 2.82 bits per heavy atom. The molecule has 2 nitrogen and oxygen atoms in total. The van der Waals surface area contributed by atoms with Gasteiger partial charge in [0.05, 0.1) is 0 Å². The number of benzene rings is 1. The molecule has 0 bridgehead atoms. The molecule has 17 heavy (non-hydrogen) atoms. The first kappa shape index (κ1) is 12.4. The van der Waals surface area contributed by atoms with Crippen molar-refractivity contribution in [3.8, 4) is 0 Å². The molecule has 0 saturated heterocycles. The van der Waals surface area contributed by atoms with Gasteiger partial charge in [-0.3, -0.25) is 4.79 Å². The summed E-state index contributed by atoms with van der Waals surface area (Å²) in [5.41, 5.74) is 1.04. The number of hydrogen-bond donors (Lipinski definition) is 1. The maximum atomic E-state index is 11.7. The van der Waals surface area contributed by atoms with Crippen molar-refractivity contribution in [2.45, 2.75) is 38.6 Å². The molecule has 1 N–H and O–H groups in total. The van der Waals surface area contributed by atoms with Crippen LogP contribution in [0.2, 0.25) is 5.02 Å². The van der Waals surface area contributed by atoms with Gasteiger partial charge in [0, 0.05) is 17.5 Å². The second-order valence-electron chi connectivity index (χ2n) is 4.79. The summed E-state index contributed by atoms with van der Waals surface area (Å²) in [5.74, 6) is 0.837. The number of carbonyl (C=O) groups excluding carboxylic acids is 1. The van der Waals surface area contributed by atoms with E-state index in [-0.39, 0.29) is 5.91 Å². The summed E-state index contributed by atoms with van der Waals surface area (Å²) in [6, 6.07) is 8.02. The van der Waals surface area contributed by atoms with Crippen LogP contribution in [0.15, 0.2) is 24.3 Å². The third-order valence-corrected chi connectivity index (χ3v) is 3.67. The van der Waals surface area contributed by atoms with Crippen molar-refractivity contribution in [3.05, 3.63) is 34.9 Å². The van der Waals surface area contributed by atoms with Crippen LogP contribution in [0.3, 0.4) is 0 Å². The van der Waals surface area contributed by atoms with E-state index in [1.54, 1.807) is 0 Å². The van der Waals surface area contributed by atoms with Crippen molar-refractivity contribution < 1.29 is 4.79 Å². The summed E-state index contributed by atoms with van der Waals surface area (Å²) in [4.78, 5) is 11.7. The van der Waals surface area contributed by atoms with Gasteiger partial charge in [0.2, 0.25) is 5.91 Å². The maximum absolute atomic E-state index is 11.7. The Labute approximate surface area is 107 Å². The van der Waals surface area contributed by atoms with Crippen molar-refractivity contribution in [3.63, 3.8) is 0 Å². The van der Waals surface area contributed by atoms with Crippen LogP contribution in [0.1, 0.15) is 31.7 Å². The van der Waals surface area contributed by atoms with Gasteiger partial charge < -0.3 is 5.32 Å². The monoisotopic (exact) mass is 251 g/mol. The van der Waals surface area contributed by atoms with Gasteiger partial charge in [-0.15, -0.1) is 0 Å². The molecule has 1 saturated carbocycles. The van der Waals surface area contributed by atoms with Gasteiger partial charge in [0.15, 0.2) is 0 Å². The van der Waals surface area contributed by atoms with Crippen LogP contribution in [0.25, 0.3) is 0 Å². The Bertz CT molecular complexity index is 401. The molecular weight excluding hydrogens is 234 g/mol. The van der Waals surface area contributed by atoms with Gasteiger partial charge in [0.1, 0.15) is 0 Å². The highest BCUT2D eigenvalue weighted by atomic mass is 35.5. The van der Waals surface area contributed by atoms with E-state index >= 15 is 0 Å². The minimum atomic E-state index is 0.129. The summed E-state index contributed by atoms with van der Waals surface area (Å²) in [6.07, 6.45) is 3.74. The second-order valence-corrected chi connectivity index (χ2v) is 5.19. The van der Waals surface area contributed by atoms with Crippen molar-refractivity contribution in [2.24, 2.45) is 5.92 Å². The molecule has 1 fully saturated rings. The van der Waals surface area contributed by atoms with Crippen LogP contribution in [0, 0.1) is 5.92 Å². The summed E-state index contributed by atoms with van der Waals surface area (Å²) in [6.45, 7) is 2.09. The molecule has 2 rings (SSSR count). The first-order valence-electron chi connectivity index (χ1n) is 6.19. The van der Waals surface area contributed by atoms with Crippen molar-refractivity contribution in [1.82, 2.24) is 5.32 Å². The molecule has 0 spiro atoms. The third-order valence-electron chi connectivity index (χ3n) is 3.30. The molecule has 0 aliphatic heterocycles. The fraction of sp³-hybridized carbons (Fsp3) is 0.500. The van der Waals surface area contributed by atoms with Gasteiger partial charge >= 0.3 is 0 Å². The largest absolute Gasteiger partial charge is 0.353 e. The Balaban J connectivity index is 1.77. The van der Waals surface area contributed by atoms with Crippen molar-refractivity contribution in [2.75, 3.05) is 0 Å². The molecule has 1 aliphatic carbocycles. The number of hydrogen-bond acceptors (Lipinski definition) is 1. The van der Waals surface area contributed by atoms with Gasteiger partial charge in [-0.05, 0) is 43.7 Å². The molecule has 0 radical (unpaired) electrons. The lowest BCUT2D eigenvalue weighted by molar-refractivity contribution is -0.121. The predicted molar refractivity (Wildman–Crippen MR) is 70.1 cm³/mol. The first-order valence-corrected chi connectivity index (χ1v) is 6.57. The zero-order valence-corrected chi connectivity index (χ0v) is 10.8. The molecule has 92 valence electrons. The smallest absolute Gasteiger partial charge is 0.220 e. The van der Waals surface area contributed by atoms with Crippen molar-refractivity contribution >= 4 is 17.5 Å². The summed E-state index contributed by atoms with van der Waals surface area (Å²) in [5, 5.41) is 3.80. The van der Waals surface area contributed by atoms with Gasteiger partial charge in [-0.2, -0.15) is 0 Å². The number of aryl methyl sites for hydroxylation is 1. The Hall–Kier alpha value is -1.02. The molecule has 0 aromatic heterocycles. The molecule has 0 heterocycles. The predicted octanol–water partition coefficient (Wildman–Crippen LogP) is 3.19. The highest BCUT2D eigenvalue weighted by Crippen LogP contribution is 2.32. The molecule has 1 unspecified atom stereocenters. The average molecular weight is 252 g/mol. The second kappa shape index (κ2) is 5.54. The number of amides is 1. The SMILES string of the molecule is CC(NC(=O)CCc1ccccc1Cl)C1CC1. The fourth-order valence-electron chi connectivity index (χ4n) is 1.99. The zero-order valence-electron chi connectivity index (χ0n) is 10.1. The van der Waals surface area contributed by atoms with Crippen LogP contribution < -0.4 is 5.32 Å². The summed E-state index contributed by atoms with van der Waals surface area (Å²) < 4.78 is 0. The topological polar surface area (TPSA) is 29.1 Å². The lowest BCUT2D eigenvalue weighted by Gasteiger charge is -2.12. The van der Waals surface area contributed by atoms with Crippen LogP contribution in [-0.4, -0.2) is 11.9 Å². The van der Waals surface area contributed by atoms with E-state index in [0.717, 1.165) is 10.6 Å². The van der Waals surface area contributed by atoms with E-state index < -0.39 is 0 Å². The normalized spacial score (nSPS) is 16.6. The molecule has 1 aromatic carbocycles.